The highest BCUT2D eigenvalue weighted by Gasteiger charge is 2.05. The Kier molecular flexibility index (Phi) is 8.04. The number of nitrogens with one attached hydrogen (secondary N) is 1. The minimum absolute atomic E-state index is 0.410. The number of hydrazone groups is 1. The fourth-order valence-electron chi connectivity index (χ4n) is 3.39. The Hall–Kier alpha value is -3.96. The Morgan fingerprint density at radius 3 is 2.53 bits per heavy atom. The fourth-order valence-corrected chi connectivity index (χ4v) is 3.52. The summed E-state index contributed by atoms with van der Waals surface area (Å²) in [5, 5.41) is 6.00. The molecule has 0 aliphatic carbocycles. The zero-order valence-corrected chi connectivity index (χ0v) is 19.6. The first-order chi connectivity index (χ1) is 16.7. The molecule has 5 nitrogen and oxygen atoms in total. The summed E-state index contributed by atoms with van der Waals surface area (Å²) in [6, 6.07) is 27.9. The number of pyridine rings is 1. The van der Waals surface area contributed by atoms with Gasteiger partial charge in [-0.2, -0.15) is 5.10 Å². The van der Waals surface area contributed by atoms with E-state index < -0.39 is 0 Å². The molecule has 4 aromatic rings. The van der Waals surface area contributed by atoms with Gasteiger partial charge in [-0.05, 0) is 59.2 Å². The van der Waals surface area contributed by atoms with E-state index in [1.807, 2.05) is 72.8 Å². The molecular formula is C28H25ClN4O. The Morgan fingerprint density at radius 1 is 0.941 bits per heavy atom. The van der Waals surface area contributed by atoms with Crippen molar-refractivity contribution in [1.82, 2.24) is 10.4 Å². The van der Waals surface area contributed by atoms with Crippen LogP contribution in [0.2, 0.25) is 5.02 Å². The number of rotatable bonds is 9. The maximum absolute atomic E-state index is 6.03. The van der Waals surface area contributed by atoms with Crippen molar-refractivity contribution in [1.29, 1.82) is 0 Å². The Labute approximate surface area is 204 Å². The van der Waals surface area contributed by atoms with Gasteiger partial charge in [0.25, 0.3) is 0 Å². The van der Waals surface area contributed by atoms with Gasteiger partial charge in [0.2, 0.25) is 0 Å². The van der Waals surface area contributed by atoms with Gasteiger partial charge >= 0.3 is 0 Å². The monoisotopic (exact) mass is 468 g/mol. The SMILES string of the molecule is C/N=C\C=N/NC/C(=C/c1ccc(Cl)cc1)c1ccc(OCc2ccc3ccccc3n2)cc1. The number of ether oxygens (including phenoxy) is 1. The second kappa shape index (κ2) is 11.8. The molecule has 0 radical (unpaired) electrons. The van der Waals surface area contributed by atoms with Gasteiger partial charge in [0.15, 0.2) is 0 Å². The van der Waals surface area contributed by atoms with Gasteiger partial charge in [0.1, 0.15) is 12.4 Å². The van der Waals surface area contributed by atoms with Gasteiger partial charge in [-0.25, -0.2) is 4.98 Å². The molecule has 0 aliphatic heterocycles. The Balaban J connectivity index is 1.47. The predicted molar refractivity (Wildman–Crippen MR) is 143 cm³/mol. The summed E-state index contributed by atoms with van der Waals surface area (Å²) in [7, 11) is 1.71. The van der Waals surface area contributed by atoms with E-state index in [2.05, 4.69) is 38.7 Å². The molecule has 1 N–H and O–H groups in total. The first-order valence-corrected chi connectivity index (χ1v) is 11.3. The van der Waals surface area contributed by atoms with Crippen molar-refractivity contribution in [3.63, 3.8) is 0 Å². The summed E-state index contributed by atoms with van der Waals surface area (Å²) in [4.78, 5) is 8.56. The van der Waals surface area contributed by atoms with Crippen LogP contribution < -0.4 is 10.2 Å². The van der Waals surface area contributed by atoms with Crippen LogP contribution >= 0.6 is 11.6 Å². The molecule has 1 heterocycles. The van der Waals surface area contributed by atoms with E-state index in [0.717, 1.165) is 39.0 Å². The molecule has 0 unspecified atom stereocenters. The molecule has 170 valence electrons. The van der Waals surface area contributed by atoms with Gasteiger partial charge in [0.05, 0.1) is 24.0 Å². The van der Waals surface area contributed by atoms with Crippen LogP contribution in [-0.4, -0.2) is 31.0 Å². The van der Waals surface area contributed by atoms with Crippen LogP contribution in [0, 0.1) is 0 Å². The zero-order chi connectivity index (χ0) is 23.6. The van der Waals surface area contributed by atoms with Crippen LogP contribution in [0.4, 0.5) is 0 Å². The molecule has 0 aliphatic rings. The summed E-state index contributed by atoms with van der Waals surface area (Å²) in [6.07, 6.45) is 5.37. The van der Waals surface area contributed by atoms with Crippen LogP contribution in [0.1, 0.15) is 16.8 Å². The summed E-state index contributed by atoms with van der Waals surface area (Å²) in [5.41, 5.74) is 8.14. The van der Waals surface area contributed by atoms with Crippen molar-refractivity contribution in [3.8, 4) is 5.75 Å². The van der Waals surface area contributed by atoms with Gasteiger partial charge < -0.3 is 10.2 Å². The highest BCUT2D eigenvalue weighted by Crippen LogP contribution is 2.23. The molecule has 0 fully saturated rings. The zero-order valence-electron chi connectivity index (χ0n) is 18.9. The summed E-state index contributed by atoms with van der Waals surface area (Å²) < 4.78 is 5.98. The highest BCUT2D eigenvalue weighted by atomic mass is 35.5. The minimum Gasteiger partial charge on any atom is -0.487 e. The molecule has 34 heavy (non-hydrogen) atoms. The highest BCUT2D eigenvalue weighted by molar-refractivity contribution is 6.30. The van der Waals surface area contributed by atoms with E-state index in [1.165, 1.54) is 0 Å². The van der Waals surface area contributed by atoms with Gasteiger partial charge in [-0.1, -0.05) is 60.1 Å². The first-order valence-electron chi connectivity index (χ1n) is 10.9. The Morgan fingerprint density at radius 2 is 1.74 bits per heavy atom. The van der Waals surface area contributed by atoms with Gasteiger partial charge in [-0.15, -0.1) is 0 Å². The minimum atomic E-state index is 0.410. The normalized spacial score (nSPS) is 12.0. The first kappa shape index (κ1) is 23.2. The van der Waals surface area contributed by atoms with Gasteiger partial charge in [-0.3, -0.25) is 4.99 Å². The third kappa shape index (κ3) is 6.53. The van der Waals surface area contributed by atoms with Crippen molar-refractivity contribution >= 4 is 46.6 Å². The Bertz CT molecular complexity index is 1310. The van der Waals surface area contributed by atoms with Crippen molar-refractivity contribution in [2.45, 2.75) is 6.61 Å². The summed E-state index contributed by atoms with van der Waals surface area (Å²) >= 11 is 6.03. The molecule has 6 heteroatoms. The molecule has 0 saturated heterocycles. The van der Waals surface area contributed by atoms with Crippen molar-refractivity contribution in [2.75, 3.05) is 13.6 Å². The second-order valence-electron chi connectivity index (χ2n) is 7.55. The quantitative estimate of drug-likeness (QED) is 0.178. The van der Waals surface area contributed by atoms with E-state index in [1.54, 1.807) is 19.5 Å². The number of fused-ring (bicyclic) bond motifs is 1. The summed E-state index contributed by atoms with van der Waals surface area (Å²) in [6.45, 7) is 0.963. The standard InChI is InChI=1S/C28H25ClN4O/c1-30-16-17-31-32-19-24(18-21-6-11-25(29)12-7-21)22-9-14-27(15-10-22)34-20-26-13-8-23-4-2-3-5-28(23)33-26/h2-18,32H,19-20H2,1H3/b24-18-,30-16-,31-17-. The van der Waals surface area contributed by atoms with Crippen LogP contribution in [-0.2, 0) is 6.61 Å². The van der Waals surface area contributed by atoms with Crippen LogP contribution in [0.25, 0.3) is 22.6 Å². The average molecular weight is 469 g/mol. The lowest BCUT2D eigenvalue weighted by molar-refractivity contribution is 0.302. The molecule has 1 aromatic heterocycles. The fraction of sp³-hybridized carbons (Fsp3) is 0.107. The number of nitrogens with zero attached hydrogens (tertiary/aromatic N) is 3. The number of aliphatic imine (C=N–C) groups is 1. The van der Waals surface area contributed by atoms with E-state index in [9.17, 15) is 0 Å². The number of halogens is 1. The maximum atomic E-state index is 6.03. The lowest BCUT2D eigenvalue weighted by Crippen LogP contribution is -2.10. The van der Waals surface area contributed by atoms with Crippen molar-refractivity contribution < 1.29 is 4.74 Å². The number of benzene rings is 3. The maximum Gasteiger partial charge on any atom is 0.130 e. The number of hydrogen-bond donors (Lipinski definition) is 1. The van der Waals surface area contributed by atoms with E-state index in [4.69, 9.17) is 16.3 Å². The third-order valence-electron chi connectivity index (χ3n) is 5.13. The molecule has 0 saturated carbocycles. The predicted octanol–water partition coefficient (Wildman–Crippen LogP) is 6.28. The molecule has 4 rings (SSSR count). The van der Waals surface area contributed by atoms with Crippen LogP contribution in [0.3, 0.4) is 0 Å². The number of hydrogen-bond acceptors (Lipinski definition) is 5. The number of aromatic nitrogens is 1. The molecule has 0 atom stereocenters. The molecular weight excluding hydrogens is 444 g/mol. The van der Waals surface area contributed by atoms with Crippen molar-refractivity contribution in [3.05, 3.63) is 107 Å². The van der Waals surface area contributed by atoms with Gasteiger partial charge in [0, 0.05) is 23.7 Å². The lowest BCUT2D eigenvalue weighted by atomic mass is 10.0. The van der Waals surface area contributed by atoms with Crippen LogP contribution in [0.15, 0.2) is 95.0 Å². The smallest absolute Gasteiger partial charge is 0.130 e. The molecule has 0 bridgehead atoms. The van der Waals surface area contributed by atoms with E-state index in [-0.39, 0.29) is 0 Å². The molecule has 0 spiro atoms. The van der Waals surface area contributed by atoms with E-state index in [0.29, 0.717) is 18.2 Å². The molecule has 3 aromatic carbocycles. The summed E-state index contributed by atoms with van der Waals surface area (Å²) in [5.74, 6) is 0.787. The number of para-hydroxylation sites is 1. The lowest BCUT2D eigenvalue weighted by Gasteiger charge is -2.11. The topological polar surface area (TPSA) is 58.9 Å². The molecule has 0 amide bonds. The largest absolute Gasteiger partial charge is 0.487 e. The average Bonchev–Trinajstić information content (AvgIpc) is 2.88. The third-order valence-corrected chi connectivity index (χ3v) is 5.38. The second-order valence-corrected chi connectivity index (χ2v) is 7.99. The van der Waals surface area contributed by atoms with Crippen molar-refractivity contribution in [2.24, 2.45) is 10.1 Å². The van der Waals surface area contributed by atoms with Crippen LogP contribution in [0.5, 0.6) is 5.75 Å². The van der Waals surface area contributed by atoms with E-state index >= 15 is 0 Å².